The van der Waals surface area contributed by atoms with Crippen LogP contribution in [0.1, 0.15) is 36.1 Å². The van der Waals surface area contributed by atoms with Crippen molar-refractivity contribution >= 4 is 0 Å². The van der Waals surface area contributed by atoms with Crippen LogP contribution < -0.4 is 5.32 Å². The van der Waals surface area contributed by atoms with Crippen molar-refractivity contribution < 1.29 is 5.11 Å². The summed E-state index contributed by atoms with van der Waals surface area (Å²) >= 11 is 0. The number of benzene rings is 2. The molecule has 1 heterocycles. The van der Waals surface area contributed by atoms with Gasteiger partial charge in [-0.3, -0.25) is 4.90 Å². The first-order valence-electron chi connectivity index (χ1n) is 8.85. The number of aliphatic hydroxyl groups is 1. The third kappa shape index (κ3) is 4.67. The molecule has 3 rings (SSSR count). The van der Waals surface area contributed by atoms with Crippen LogP contribution in [0.4, 0.5) is 0 Å². The highest BCUT2D eigenvalue weighted by Crippen LogP contribution is 2.21. The molecule has 0 aromatic heterocycles. The van der Waals surface area contributed by atoms with Crippen molar-refractivity contribution in [1.29, 1.82) is 5.26 Å². The average molecular weight is 335 g/mol. The topological polar surface area (TPSA) is 59.3 Å². The maximum atomic E-state index is 10.1. The second-order valence-corrected chi connectivity index (χ2v) is 6.82. The van der Waals surface area contributed by atoms with Gasteiger partial charge in [0.15, 0.2) is 0 Å². The van der Waals surface area contributed by atoms with E-state index in [9.17, 15) is 5.11 Å². The monoisotopic (exact) mass is 335 g/mol. The van der Waals surface area contributed by atoms with Crippen LogP contribution >= 0.6 is 0 Å². The van der Waals surface area contributed by atoms with Gasteiger partial charge in [0.1, 0.15) is 0 Å². The van der Waals surface area contributed by atoms with Crippen molar-refractivity contribution in [2.75, 3.05) is 13.1 Å². The fourth-order valence-corrected chi connectivity index (χ4v) is 3.46. The number of hydrogen-bond donors (Lipinski definition) is 2. The molecule has 2 N–H and O–H groups in total. The molecular formula is C21H25N3O. The highest BCUT2D eigenvalue weighted by molar-refractivity contribution is 5.32. The molecule has 2 aromatic carbocycles. The standard InChI is InChI=1S/C21H25N3O/c1-16(19-9-7-17(12-22)8-10-19)23-13-20-11-21(25)15-24(20)14-18-5-3-2-4-6-18/h2-10,16,20-21,23,25H,11,13-15H2,1H3/t16-,20+,21+/m0/s1. The summed E-state index contributed by atoms with van der Waals surface area (Å²) in [7, 11) is 0. The quantitative estimate of drug-likeness (QED) is 0.852. The van der Waals surface area contributed by atoms with Crippen LogP contribution in [0.5, 0.6) is 0 Å². The molecule has 1 aliphatic heterocycles. The summed E-state index contributed by atoms with van der Waals surface area (Å²) in [5.74, 6) is 0. The molecule has 4 heteroatoms. The largest absolute Gasteiger partial charge is 0.392 e. The normalized spacial score (nSPS) is 21.8. The highest BCUT2D eigenvalue weighted by atomic mass is 16.3. The summed E-state index contributed by atoms with van der Waals surface area (Å²) in [5.41, 5.74) is 3.14. The Kier molecular flexibility index (Phi) is 5.83. The summed E-state index contributed by atoms with van der Waals surface area (Å²) in [5, 5.41) is 22.6. The Morgan fingerprint density at radius 2 is 1.92 bits per heavy atom. The van der Waals surface area contributed by atoms with E-state index in [0.29, 0.717) is 11.6 Å². The molecule has 0 amide bonds. The maximum absolute atomic E-state index is 10.1. The summed E-state index contributed by atoms with van der Waals surface area (Å²) in [6, 6.07) is 20.8. The van der Waals surface area contributed by atoms with E-state index in [-0.39, 0.29) is 12.1 Å². The molecule has 0 radical (unpaired) electrons. The zero-order valence-electron chi connectivity index (χ0n) is 14.6. The summed E-state index contributed by atoms with van der Waals surface area (Å²) in [6.07, 6.45) is 0.556. The average Bonchev–Trinajstić information content (AvgIpc) is 3.00. The molecular weight excluding hydrogens is 310 g/mol. The Balaban J connectivity index is 1.57. The molecule has 1 saturated heterocycles. The number of β-amino-alcohol motifs (C(OH)–C–C–N with tert-alkyl or cyclic N) is 1. The maximum Gasteiger partial charge on any atom is 0.0991 e. The molecule has 0 unspecified atom stereocenters. The first-order valence-corrected chi connectivity index (χ1v) is 8.85. The highest BCUT2D eigenvalue weighted by Gasteiger charge is 2.30. The SMILES string of the molecule is C[C@H](NC[C@H]1C[C@@H](O)CN1Cc1ccccc1)c1ccc(C#N)cc1. The number of likely N-dealkylation sites (tertiary alicyclic amines) is 1. The molecule has 0 aliphatic carbocycles. The van der Waals surface area contributed by atoms with Gasteiger partial charge in [0.2, 0.25) is 0 Å². The Morgan fingerprint density at radius 3 is 2.60 bits per heavy atom. The summed E-state index contributed by atoms with van der Waals surface area (Å²) in [6.45, 7) is 4.57. The minimum atomic E-state index is -0.249. The molecule has 130 valence electrons. The van der Waals surface area contributed by atoms with Gasteiger partial charge in [-0.2, -0.15) is 5.26 Å². The van der Waals surface area contributed by atoms with Crippen molar-refractivity contribution in [3.05, 3.63) is 71.3 Å². The summed E-state index contributed by atoms with van der Waals surface area (Å²) in [4.78, 5) is 2.36. The van der Waals surface area contributed by atoms with Gasteiger partial charge in [-0.15, -0.1) is 0 Å². The van der Waals surface area contributed by atoms with Gasteiger partial charge >= 0.3 is 0 Å². The smallest absolute Gasteiger partial charge is 0.0991 e. The molecule has 0 bridgehead atoms. The van der Waals surface area contributed by atoms with E-state index >= 15 is 0 Å². The van der Waals surface area contributed by atoms with Gasteiger partial charge in [-0.05, 0) is 36.6 Å². The Labute approximate surface area is 149 Å². The molecule has 2 aromatic rings. The van der Waals surface area contributed by atoms with E-state index in [1.807, 2.05) is 30.3 Å². The van der Waals surface area contributed by atoms with E-state index in [1.165, 1.54) is 11.1 Å². The van der Waals surface area contributed by atoms with Crippen LogP contribution in [0.25, 0.3) is 0 Å². The molecule has 0 spiro atoms. The van der Waals surface area contributed by atoms with Crippen molar-refractivity contribution in [1.82, 2.24) is 10.2 Å². The molecule has 1 aliphatic rings. The van der Waals surface area contributed by atoms with Gasteiger partial charge < -0.3 is 10.4 Å². The lowest BCUT2D eigenvalue weighted by atomic mass is 10.1. The van der Waals surface area contributed by atoms with Crippen molar-refractivity contribution in [2.45, 2.75) is 38.1 Å². The van der Waals surface area contributed by atoms with Crippen LogP contribution in [-0.4, -0.2) is 35.2 Å². The first kappa shape index (κ1) is 17.6. The number of hydrogen-bond acceptors (Lipinski definition) is 4. The lowest BCUT2D eigenvalue weighted by Crippen LogP contribution is -2.38. The van der Waals surface area contributed by atoms with Gasteiger partial charge in [0.25, 0.3) is 0 Å². The van der Waals surface area contributed by atoms with Crippen molar-refractivity contribution in [2.24, 2.45) is 0 Å². The van der Waals surface area contributed by atoms with Crippen LogP contribution in [0.3, 0.4) is 0 Å². The van der Waals surface area contributed by atoms with E-state index < -0.39 is 0 Å². The van der Waals surface area contributed by atoms with Crippen LogP contribution in [0, 0.1) is 11.3 Å². The van der Waals surface area contributed by atoms with E-state index in [0.717, 1.165) is 26.1 Å². The predicted molar refractivity (Wildman–Crippen MR) is 98.8 cm³/mol. The van der Waals surface area contributed by atoms with Crippen LogP contribution in [0.2, 0.25) is 0 Å². The zero-order valence-corrected chi connectivity index (χ0v) is 14.6. The van der Waals surface area contributed by atoms with Crippen molar-refractivity contribution in [3.8, 4) is 6.07 Å². The minimum Gasteiger partial charge on any atom is -0.392 e. The van der Waals surface area contributed by atoms with Crippen molar-refractivity contribution in [3.63, 3.8) is 0 Å². The second kappa shape index (κ2) is 8.26. The summed E-state index contributed by atoms with van der Waals surface area (Å²) < 4.78 is 0. The van der Waals surface area contributed by atoms with Gasteiger partial charge in [-0.25, -0.2) is 0 Å². The zero-order chi connectivity index (χ0) is 17.6. The fraction of sp³-hybridized carbons (Fsp3) is 0.381. The van der Waals surface area contributed by atoms with Gasteiger partial charge in [0.05, 0.1) is 17.7 Å². The number of nitrogens with zero attached hydrogens (tertiary/aromatic N) is 2. The Morgan fingerprint density at radius 1 is 1.20 bits per heavy atom. The Hall–Kier alpha value is -2.19. The van der Waals surface area contributed by atoms with Gasteiger partial charge in [-0.1, -0.05) is 42.5 Å². The van der Waals surface area contributed by atoms with Crippen LogP contribution in [0.15, 0.2) is 54.6 Å². The third-order valence-electron chi connectivity index (χ3n) is 4.93. The molecule has 0 saturated carbocycles. The lowest BCUT2D eigenvalue weighted by molar-refractivity contribution is 0.172. The fourth-order valence-electron chi connectivity index (χ4n) is 3.46. The lowest BCUT2D eigenvalue weighted by Gasteiger charge is -2.26. The Bertz CT molecular complexity index is 708. The molecule has 4 nitrogen and oxygen atoms in total. The van der Waals surface area contributed by atoms with Gasteiger partial charge in [0, 0.05) is 31.7 Å². The minimum absolute atomic E-state index is 0.212. The van der Waals surface area contributed by atoms with E-state index in [1.54, 1.807) is 0 Å². The molecule has 1 fully saturated rings. The number of nitriles is 1. The third-order valence-corrected chi connectivity index (χ3v) is 4.93. The van der Waals surface area contributed by atoms with E-state index in [4.69, 9.17) is 5.26 Å². The number of rotatable bonds is 6. The number of nitrogens with one attached hydrogen (secondary N) is 1. The number of aliphatic hydroxyl groups excluding tert-OH is 1. The van der Waals surface area contributed by atoms with Crippen LogP contribution in [-0.2, 0) is 6.54 Å². The molecule has 3 atom stereocenters. The first-order chi connectivity index (χ1) is 12.2. The van der Waals surface area contributed by atoms with E-state index in [2.05, 4.69) is 47.5 Å². The molecule has 25 heavy (non-hydrogen) atoms. The predicted octanol–water partition coefficient (Wildman–Crippen LogP) is 2.84. The second-order valence-electron chi connectivity index (χ2n) is 6.82.